The molecule has 2 rings (SSSR count). The van der Waals surface area contributed by atoms with E-state index in [1.807, 2.05) is 37.9 Å². The Hall–Kier alpha value is -1.62. The van der Waals surface area contributed by atoms with Crippen LogP contribution < -0.4 is 5.32 Å². The Kier molecular flexibility index (Phi) is 5.99. The van der Waals surface area contributed by atoms with Gasteiger partial charge in [0.1, 0.15) is 5.60 Å². The molecule has 1 aromatic rings. The molecule has 0 radical (unpaired) electrons. The van der Waals surface area contributed by atoms with Crippen LogP contribution in [-0.4, -0.2) is 40.7 Å². The summed E-state index contributed by atoms with van der Waals surface area (Å²) in [5, 5.41) is 3.56. The fourth-order valence-electron chi connectivity index (χ4n) is 2.73. The summed E-state index contributed by atoms with van der Waals surface area (Å²) in [6.07, 6.45) is 4.70. The average Bonchev–Trinajstić information content (AvgIpc) is 2.52. The summed E-state index contributed by atoms with van der Waals surface area (Å²) in [6, 6.07) is 4.50. The minimum Gasteiger partial charge on any atom is -0.444 e. The Labute approximate surface area is 139 Å². The monoisotopic (exact) mass is 319 g/mol. The van der Waals surface area contributed by atoms with Crippen molar-refractivity contribution < 1.29 is 9.53 Å². The number of nitrogens with one attached hydrogen (secondary N) is 1. The Morgan fingerprint density at radius 1 is 1.48 bits per heavy atom. The van der Waals surface area contributed by atoms with Crippen LogP contribution in [0.3, 0.4) is 0 Å². The number of rotatable bonds is 4. The van der Waals surface area contributed by atoms with Gasteiger partial charge in [0.05, 0.1) is 0 Å². The number of carbonyl (C=O) groups excluding carboxylic acids is 1. The van der Waals surface area contributed by atoms with Crippen molar-refractivity contribution in [3.63, 3.8) is 0 Å². The van der Waals surface area contributed by atoms with E-state index in [0.29, 0.717) is 12.6 Å². The largest absolute Gasteiger partial charge is 0.444 e. The van der Waals surface area contributed by atoms with Crippen molar-refractivity contribution in [1.29, 1.82) is 0 Å². The summed E-state index contributed by atoms with van der Waals surface area (Å²) in [6.45, 7) is 10.1. The highest BCUT2D eigenvalue weighted by Crippen LogP contribution is 2.16. The van der Waals surface area contributed by atoms with Crippen LogP contribution in [0.5, 0.6) is 0 Å². The van der Waals surface area contributed by atoms with Crippen LogP contribution in [0.25, 0.3) is 0 Å². The van der Waals surface area contributed by atoms with Gasteiger partial charge < -0.3 is 15.0 Å². The molecule has 1 atom stereocenters. The topological polar surface area (TPSA) is 54.5 Å². The maximum absolute atomic E-state index is 12.2. The van der Waals surface area contributed by atoms with Gasteiger partial charge in [-0.3, -0.25) is 4.98 Å². The van der Waals surface area contributed by atoms with Crippen LogP contribution in [-0.2, 0) is 17.7 Å². The molecule has 23 heavy (non-hydrogen) atoms. The smallest absolute Gasteiger partial charge is 0.410 e. The quantitative estimate of drug-likeness (QED) is 0.926. The summed E-state index contributed by atoms with van der Waals surface area (Å²) in [4.78, 5) is 18.3. The minimum atomic E-state index is -0.439. The highest BCUT2D eigenvalue weighted by Gasteiger charge is 2.27. The van der Waals surface area contributed by atoms with Gasteiger partial charge >= 0.3 is 6.09 Å². The Morgan fingerprint density at radius 3 is 2.96 bits per heavy atom. The van der Waals surface area contributed by atoms with Crippen molar-refractivity contribution in [2.24, 2.45) is 0 Å². The molecular formula is C18H29N3O2. The molecule has 5 heteroatoms. The Balaban J connectivity index is 1.85. The lowest BCUT2D eigenvalue weighted by Gasteiger charge is -2.34. The zero-order chi connectivity index (χ0) is 16.9. The van der Waals surface area contributed by atoms with E-state index in [1.54, 1.807) is 0 Å². The normalized spacial score (nSPS) is 18.8. The molecular weight excluding hydrogens is 290 g/mol. The second kappa shape index (κ2) is 7.77. The highest BCUT2D eigenvalue weighted by atomic mass is 16.6. The molecule has 0 bridgehead atoms. The first-order chi connectivity index (χ1) is 10.9. The van der Waals surface area contributed by atoms with Crippen molar-refractivity contribution in [2.75, 3.05) is 13.1 Å². The van der Waals surface area contributed by atoms with E-state index in [9.17, 15) is 4.79 Å². The molecule has 1 unspecified atom stereocenters. The van der Waals surface area contributed by atoms with Gasteiger partial charge in [-0.2, -0.15) is 0 Å². The molecule has 1 N–H and O–H groups in total. The second-order valence-corrected chi connectivity index (χ2v) is 7.16. The average molecular weight is 319 g/mol. The van der Waals surface area contributed by atoms with Crippen LogP contribution in [0.15, 0.2) is 18.3 Å². The van der Waals surface area contributed by atoms with E-state index in [4.69, 9.17) is 4.74 Å². The number of aryl methyl sites for hydroxylation is 1. The predicted octanol–water partition coefficient (Wildman–Crippen LogP) is 3.13. The van der Waals surface area contributed by atoms with E-state index in [2.05, 4.69) is 23.3 Å². The number of hydrogen-bond acceptors (Lipinski definition) is 4. The predicted molar refractivity (Wildman–Crippen MR) is 91.3 cm³/mol. The first kappa shape index (κ1) is 17.7. The van der Waals surface area contributed by atoms with Crippen LogP contribution in [0.2, 0.25) is 0 Å². The SMILES string of the molecule is CCc1cc(CNC2CCCN(C(=O)OC(C)(C)C)C2)ccn1. The van der Waals surface area contributed by atoms with E-state index in [0.717, 1.165) is 38.0 Å². The van der Waals surface area contributed by atoms with Gasteiger partial charge in [0.15, 0.2) is 0 Å². The number of likely N-dealkylation sites (tertiary alicyclic amines) is 1. The van der Waals surface area contributed by atoms with Gasteiger partial charge in [0.25, 0.3) is 0 Å². The molecule has 1 aromatic heterocycles. The zero-order valence-corrected chi connectivity index (χ0v) is 14.8. The summed E-state index contributed by atoms with van der Waals surface area (Å²) < 4.78 is 5.47. The van der Waals surface area contributed by atoms with Gasteiger partial charge in [0, 0.05) is 37.6 Å². The molecule has 5 nitrogen and oxygen atoms in total. The van der Waals surface area contributed by atoms with Crippen LogP contribution in [0, 0.1) is 0 Å². The van der Waals surface area contributed by atoms with E-state index >= 15 is 0 Å². The molecule has 2 heterocycles. The molecule has 128 valence electrons. The van der Waals surface area contributed by atoms with Crippen molar-refractivity contribution >= 4 is 6.09 Å². The van der Waals surface area contributed by atoms with Crippen LogP contribution in [0.4, 0.5) is 4.79 Å². The molecule has 1 aliphatic rings. The third-order valence-electron chi connectivity index (χ3n) is 3.91. The number of nitrogens with zero attached hydrogens (tertiary/aromatic N) is 2. The van der Waals surface area contributed by atoms with Gasteiger partial charge in [-0.25, -0.2) is 4.79 Å². The van der Waals surface area contributed by atoms with Crippen LogP contribution in [0.1, 0.15) is 51.8 Å². The van der Waals surface area contributed by atoms with Gasteiger partial charge in [-0.1, -0.05) is 6.92 Å². The van der Waals surface area contributed by atoms with Gasteiger partial charge in [-0.05, 0) is 57.7 Å². The van der Waals surface area contributed by atoms with Crippen molar-refractivity contribution in [1.82, 2.24) is 15.2 Å². The first-order valence-corrected chi connectivity index (χ1v) is 8.52. The molecule has 1 fully saturated rings. The van der Waals surface area contributed by atoms with Crippen molar-refractivity contribution in [2.45, 2.75) is 65.1 Å². The number of hydrogen-bond donors (Lipinski definition) is 1. The molecule has 0 aliphatic carbocycles. The number of pyridine rings is 1. The number of ether oxygens (including phenoxy) is 1. The molecule has 0 saturated carbocycles. The Bertz CT molecular complexity index is 525. The van der Waals surface area contributed by atoms with E-state index < -0.39 is 5.60 Å². The van der Waals surface area contributed by atoms with E-state index in [1.165, 1.54) is 5.56 Å². The second-order valence-electron chi connectivity index (χ2n) is 7.16. The number of aromatic nitrogens is 1. The molecule has 1 amide bonds. The van der Waals surface area contributed by atoms with Crippen LogP contribution >= 0.6 is 0 Å². The molecule has 1 aliphatic heterocycles. The lowest BCUT2D eigenvalue weighted by molar-refractivity contribution is 0.0187. The Morgan fingerprint density at radius 2 is 2.26 bits per heavy atom. The summed E-state index contributed by atoms with van der Waals surface area (Å²) >= 11 is 0. The fourth-order valence-corrected chi connectivity index (χ4v) is 2.73. The van der Waals surface area contributed by atoms with Crippen molar-refractivity contribution in [3.8, 4) is 0 Å². The molecule has 1 saturated heterocycles. The third-order valence-corrected chi connectivity index (χ3v) is 3.91. The standard InChI is InChI=1S/C18H29N3O2/c1-5-15-11-14(8-9-19-15)12-20-16-7-6-10-21(13-16)17(22)23-18(2,3)4/h8-9,11,16,20H,5-7,10,12-13H2,1-4H3. The molecule has 0 spiro atoms. The summed E-state index contributed by atoms with van der Waals surface area (Å²) in [5.41, 5.74) is 1.92. The van der Waals surface area contributed by atoms with Crippen molar-refractivity contribution in [3.05, 3.63) is 29.6 Å². The van der Waals surface area contributed by atoms with Gasteiger partial charge in [-0.15, -0.1) is 0 Å². The number of carbonyl (C=O) groups is 1. The highest BCUT2D eigenvalue weighted by molar-refractivity contribution is 5.68. The maximum atomic E-state index is 12.2. The fraction of sp³-hybridized carbons (Fsp3) is 0.667. The van der Waals surface area contributed by atoms with E-state index in [-0.39, 0.29) is 6.09 Å². The number of amides is 1. The third kappa shape index (κ3) is 5.82. The lowest BCUT2D eigenvalue weighted by atomic mass is 10.1. The summed E-state index contributed by atoms with van der Waals surface area (Å²) in [5.74, 6) is 0. The zero-order valence-electron chi connectivity index (χ0n) is 14.8. The summed E-state index contributed by atoms with van der Waals surface area (Å²) in [7, 11) is 0. The van der Waals surface area contributed by atoms with Gasteiger partial charge in [0.2, 0.25) is 0 Å². The lowest BCUT2D eigenvalue weighted by Crippen LogP contribution is -2.49. The minimum absolute atomic E-state index is 0.207. The maximum Gasteiger partial charge on any atom is 0.410 e. The molecule has 0 aromatic carbocycles. The first-order valence-electron chi connectivity index (χ1n) is 8.52. The number of piperidine rings is 1.